The van der Waals surface area contributed by atoms with Crippen molar-refractivity contribution in [2.75, 3.05) is 13.1 Å². The molecule has 1 saturated heterocycles. The maximum absolute atomic E-state index is 13.7. The number of thiazole rings is 1. The predicted molar refractivity (Wildman–Crippen MR) is 84.5 cm³/mol. The van der Waals surface area contributed by atoms with Crippen LogP contribution in [0.2, 0.25) is 0 Å². The Hall–Kier alpha value is -2.28. The molecule has 0 bridgehead atoms. The molecule has 23 heavy (non-hydrogen) atoms. The maximum Gasteiger partial charge on any atom is 0.273 e. The van der Waals surface area contributed by atoms with E-state index < -0.39 is 0 Å². The molecule has 2 N–H and O–H groups in total. The number of hydrogen-bond acceptors (Lipinski definition) is 4. The minimum atomic E-state index is -0.376. The van der Waals surface area contributed by atoms with Gasteiger partial charge in [-0.15, -0.1) is 11.3 Å². The van der Waals surface area contributed by atoms with Gasteiger partial charge in [0.1, 0.15) is 11.5 Å². The van der Waals surface area contributed by atoms with E-state index in [1.54, 1.807) is 28.5 Å². The molecule has 1 unspecified atom stereocenters. The number of nitrogens with zero attached hydrogens (tertiary/aromatic N) is 2. The molecule has 2 amide bonds. The number of nitrogens with two attached hydrogens (primary N) is 1. The van der Waals surface area contributed by atoms with E-state index in [9.17, 15) is 14.0 Å². The van der Waals surface area contributed by atoms with Gasteiger partial charge in [0.15, 0.2) is 0 Å². The van der Waals surface area contributed by atoms with Crippen molar-refractivity contribution in [3.63, 3.8) is 0 Å². The summed E-state index contributed by atoms with van der Waals surface area (Å²) in [5, 5.41) is 2.36. The van der Waals surface area contributed by atoms with Crippen molar-refractivity contribution in [2.45, 2.75) is 12.8 Å². The highest BCUT2D eigenvalue weighted by Crippen LogP contribution is 2.21. The Morgan fingerprint density at radius 1 is 1.39 bits per heavy atom. The van der Waals surface area contributed by atoms with Gasteiger partial charge in [0.25, 0.3) is 5.91 Å². The molecular formula is C16H16FN3O2S. The van der Waals surface area contributed by atoms with Crippen molar-refractivity contribution in [3.05, 3.63) is 51.7 Å². The highest BCUT2D eigenvalue weighted by Gasteiger charge is 2.31. The molecule has 1 aliphatic rings. The molecule has 0 radical (unpaired) electrons. The number of rotatable bonds is 4. The summed E-state index contributed by atoms with van der Waals surface area (Å²) in [5.74, 6) is -1.14. The van der Waals surface area contributed by atoms with E-state index >= 15 is 0 Å². The summed E-state index contributed by atoms with van der Waals surface area (Å²) in [7, 11) is 0. The molecule has 2 heterocycles. The third-order valence-corrected chi connectivity index (χ3v) is 4.80. The zero-order valence-electron chi connectivity index (χ0n) is 12.4. The molecule has 0 spiro atoms. The second-order valence-corrected chi connectivity index (χ2v) is 6.48. The maximum atomic E-state index is 13.7. The van der Waals surface area contributed by atoms with Gasteiger partial charge in [0, 0.05) is 24.9 Å². The first-order valence-electron chi connectivity index (χ1n) is 7.31. The molecule has 0 aliphatic carbocycles. The Morgan fingerprint density at radius 3 is 2.87 bits per heavy atom. The number of hydrogen-bond donors (Lipinski definition) is 1. The molecule has 2 aromatic rings. The van der Waals surface area contributed by atoms with E-state index in [1.165, 1.54) is 17.4 Å². The monoisotopic (exact) mass is 333 g/mol. The molecule has 1 aromatic heterocycles. The SMILES string of the molecule is NC(=O)C1CCN(C(=O)c2csc(Cc3ccccc3F)n2)C1. The molecule has 120 valence electrons. The molecular weight excluding hydrogens is 317 g/mol. The first kappa shape index (κ1) is 15.6. The molecule has 1 aliphatic heterocycles. The first-order chi connectivity index (χ1) is 11.0. The molecule has 1 atom stereocenters. The van der Waals surface area contributed by atoms with Crippen LogP contribution >= 0.6 is 11.3 Å². The summed E-state index contributed by atoms with van der Waals surface area (Å²) in [4.78, 5) is 29.5. The lowest BCUT2D eigenvalue weighted by Gasteiger charge is -2.14. The van der Waals surface area contributed by atoms with Gasteiger partial charge in [-0.1, -0.05) is 18.2 Å². The van der Waals surface area contributed by atoms with Gasteiger partial charge in [-0.25, -0.2) is 9.37 Å². The van der Waals surface area contributed by atoms with Gasteiger partial charge in [-0.05, 0) is 18.1 Å². The predicted octanol–water partition coefficient (Wildman–Crippen LogP) is 1.82. The van der Waals surface area contributed by atoms with Crippen molar-refractivity contribution < 1.29 is 14.0 Å². The average molecular weight is 333 g/mol. The van der Waals surface area contributed by atoms with Crippen LogP contribution in [0.25, 0.3) is 0 Å². The molecule has 0 saturated carbocycles. The summed E-state index contributed by atoms with van der Waals surface area (Å²) >= 11 is 1.33. The van der Waals surface area contributed by atoms with Gasteiger partial charge in [0.2, 0.25) is 5.91 Å². The Balaban J connectivity index is 1.69. The van der Waals surface area contributed by atoms with Gasteiger partial charge in [-0.3, -0.25) is 9.59 Å². The van der Waals surface area contributed by atoms with Crippen LogP contribution in [0.1, 0.15) is 27.5 Å². The van der Waals surface area contributed by atoms with E-state index in [2.05, 4.69) is 4.98 Å². The van der Waals surface area contributed by atoms with Crippen molar-refractivity contribution in [1.29, 1.82) is 0 Å². The van der Waals surface area contributed by atoms with Gasteiger partial charge in [0.05, 0.1) is 10.9 Å². The van der Waals surface area contributed by atoms with Crippen LogP contribution in [0, 0.1) is 11.7 Å². The van der Waals surface area contributed by atoms with Crippen LogP contribution in [-0.4, -0.2) is 34.8 Å². The Morgan fingerprint density at radius 2 is 2.17 bits per heavy atom. The fraction of sp³-hybridized carbons (Fsp3) is 0.312. The minimum absolute atomic E-state index is 0.204. The number of likely N-dealkylation sites (tertiary alicyclic amines) is 1. The van der Waals surface area contributed by atoms with Crippen molar-refractivity contribution in [2.24, 2.45) is 11.7 Å². The number of carbonyl (C=O) groups excluding carboxylic acids is 2. The quantitative estimate of drug-likeness (QED) is 0.927. The van der Waals surface area contributed by atoms with Crippen molar-refractivity contribution in [3.8, 4) is 0 Å². The number of primary amides is 1. The summed E-state index contributed by atoms with van der Waals surface area (Å²) in [6.07, 6.45) is 0.946. The zero-order chi connectivity index (χ0) is 16.4. The van der Waals surface area contributed by atoms with E-state index in [1.807, 2.05) is 0 Å². The van der Waals surface area contributed by atoms with E-state index in [-0.39, 0.29) is 23.5 Å². The topological polar surface area (TPSA) is 76.3 Å². The second kappa shape index (κ2) is 6.45. The van der Waals surface area contributed by atoms with Crippen molar-refractivity contribution >= 4 is 23.2 Å². The normalized spacial score (nSPS) is 17.4. The Labute approximate surface area is 136 Å². The number of benzene rings is 1. The van der Waals surface area contributed by atoms with E-state index in [0.717, 1.165) is 0 Å². The van der Waals surface area contributed by atoms with Gasteiger partial charge < -0.3 is 10.6 Å². The molecule has 3 rings (SSSR count). The molecule has 1 fully saturated rings. The minimum Gasteiger partial charge on any atom is -0.369 e. The Bertz CT molecular complexity index is 746. The zero-order valence-corrected chi connectivity index (χ0v) is 13.2. The molecule has 5 nitrogen and oxygen atoms in total. The lowest BCUT2D eigenvalue weighted by Crippen LogP contribution is -2.31. The number of halogens is 1. The highest BCUT2D eigenvalue weighted by molar-refractivity contribution is 7.09. The lowest BCUT2D eigenvalue weighted by atomic mass is 10.1. The summed E-state index contributed by atoms with van der Waals surface area (Å²) in [5.41, 5.74) is 6.17. The largest absolute Gasteiger partial charge is 0.369 e. The summed E-state index contributed by atoms with van der Waals surface area (Å²) in [6.45, 7) is 0.848. The third kappa shape index (κ3) is 3.39. The van der Waals surface area contributed by atoms with Crippen LogP contribution in [-0.2, 0) is 11.2 Å². The number of aromatic nitrogens is 1. The standard InChI is InChI=1S/C16H16FN3O2S/c17-12-4-2-1-3-10(12)7-14-19-13(9-23-14)16(22)20-6-5-11(8-20)15(18)21/h1-4,9,11H,5-8H2,(H2,18,21). The number of amides is 2. The smallest absolute Gasteiger partial charge is 0.273 e. The van der Waals surface area contributed by atoms with Crippen LogP contribution in [0.5, 0.6) is 0 Å². The fourth-order valence-corrected chi connectivity index (χ4v) is 3.43. The highest BCUT2D eigenvalue weighted by atomic mass is 32.1. The van der Waals surface area contributed by atoms with E-state index in [0.29, 0.717) is 42.2 Å². The summed E-state index contributed by atoms with van der Waals surface area (Å²) in [6, 6.07) is 6.52. The lowest BCUT2D eigenvalue weighted by molar-refractivity contribution is -0.121. The van der Waals surface area contributed by atoms with Crippen LogP contribution < -0.4 is 5.73 Å². The second-order valence-electron chi connectivity index (χ2n) is 5.53. The molecule has 7 heteroatoms. The third-order valence-electron chi connectivity index (χ3n) is 3.95. The average Bonchev–Trinajstić information content (AvgIpc) is 3.18. The molecule has 1 aromatic carbocycles. The van der Waals surface area contributed by atoms with Gasteiger partial charge >= 0.3 is 0 Å². The van der Waals surface area contributed by atoms with Crippen molar-refractivity contribution in [1.82, 2.24) is 9.88 Å². The fourth-order valence-electron chi connectivity index (χ4n) is 2.63. The van der Waals surface area contributed by atoms with Gasteiger partial charge in [-0.2, -0.15) is 0 Å². The first-order valence-corrected chi connectivity index (χ1v) is 8.19. The van der Waals surface area contributed by atoms with E-state index in [4.69, 9.17) is 5.73 Å². The Kier molecular flexibility index (Phi) is 4.38. The van der Waals surface area contributed by atoms with Crippen LogP contribution in [0.15, 0.2) is 29.6 Å². The van der Waals surface area contributed by atoms with Crippen LogP contribution in [0.4, 0.5) is 4.39 Å². The van der Waals surface area contributed by atoms with Crippen LogP contribution in [0.3, 0.4) is 0 Å². The summed E-state index contributed by atoms with van der Waals surface area (Å²) < 4.78 is 13.7. The number of carbonyl (C=O) groups is 2.